The molecule has 0 amide bonds. The lowest BCUT2D eigenvalue weighted by molar-refractivity contribution is -0.274. The minimum Gasteiger partial charge on any atom is -0.405 e. The highest BCUT2D eigenvalue weighted by atomic mass is 35.5. The van der Waals surface area contributed by atoms with Gasteiger partial charge in [-0.25, -0.2) is 4.68 Å². The predicted molar refractivity (Wildman–Crippen MR) is 146 cm³/mol. The van der Waals surface area contributed by atoms with E-state index in [2.05, 4.69) is 57.5 Å². The van der Waals surface area contributed by atoms with Crippen LogP contribution in [0.4, 0.5) is 24.5 Å². The average Bonchev–Trinajstić information content (AvgIpc) is 3.61. The third-order valence-corrected chi connectivity index (χ3v) is 6.57. The number of anilines is 2. The maximum absolute atomic E-state index is 13.3. The quantitative estimate of drug-likeness (QED) is 0.230. The SMILES string of the molecule is CC(C)(C)CNc1c(C#N)cnc2c(N[C@H](c3cn(C4CC4)nn3)c3ccccc3OC(F)(F)F)cc(Cl)cc12. The smallest absolute Gasteiger partial charge is 0.405 e. The second kappa shape index (κ2) is 10.5. The van der Waals surface area contributed by atoms with E-state index in [9.17, 15) is 18.4 Å². The Balaban J connectivity index is 1.64. The lowest BCUT2D eigenvalue weighted by Gasteiger charge is -2.24. The van der Waals surface area contributed by atoms with Crippen LogP contribution in [0.1, 0.15) is 62.5 Å². The second-order valence-electron chi connectivity index (χ2n) is 10.9. The van der Waals surface area contributed by atoms with Gasteiger partial charge in [-0.05, 0) is 36.5 Å². The van der Waals surface area contributed by atoms with Crippen LogP contribution in [0.5, 0.6) is 5.75 Å². The third-order valence-electron chi connectivity index (χ3n) is 6.35. The molecular formula is C28H27ClF3N7O. The molecule has 2 N–H and O–H groups in total. The van der Waals surface area contributed by atoms with Crippen LogP contribution in [0.15, 0.2) is 48.8 Å². The number of nitrogens with zero attached hydrogens (tertiary/aromatic N) is 5. The van der Waals surface area contributed by atoms with Crippen LogP contribution < -0.4 is 15.4 Å². The Labute approximate surface area is 234 Å². The van der Waals surface area contributed by atoms with Crippen LogP contribution >= 0.6 is 11.6 Å². The Bertz CT molecular complexity index is 1590. The van der Waals surface area contributed by atoms with E-state index < -0.39 is 12.4 Å². The van der Waals surface area contributed by atoms with Crippen LogP contribution in [0, 0.1) is 16.7 Å². The molecule has 1 aliphatic rings. The number of benzene rings is 2. The molecule has 0 bridgehead atoms. The number of alkyl halides is 3. The Morgan fingerprint density at radius 1 is 1.20 bits per heavy atom. The Hall–Kier alpha value is -4.04. The number of rotatable bonds is 8. The fraction of sp³-hybridized carbons (Fsp3) is 0.357. The van der Waals surface area contributed by atoms with E-state index >= 15 is 0 Å². The zero-order valence-electron chi connectivity index (χ0n) is 22.1. The molecule has 0 spiro atoms. The van der Waals surface area contributed by atoms with Gasteiger partial charge < -0.3 is 15.4 Å². The van der Waals surface area contributed by atoms with Crippen molar-refractivity contribution < 1.29 is 17.9 Å². The molecule has 2 heterocycles. The van der Waals surface area contributed by atoms with E-state index in [4.69, 9.17) is 11.6 Å². The molecule has 40 heavy (non-hydrogen) atoms. The molecule has 1 atom stereocenters. The van der Waals surface area contributed by atoms with Gasteiger partial charge in [0.05, 0.1) is 34.7 Å². The summed E-state index contributed by atoms with van der Waals surface area (Å²) in [4.78, 5) is 4.53. The molecule has 0 aliphatic heterocycles. The maximum Gasteiger partial charge on any atom is 0.573 e. The van der Waals surface area contributed by atoms with Gasteiger partial charge in [-0.1, -0.05) is 55.8 Å². The van der Waals surface area contributed by atoms with Crippen molar-refractivity contribution in [2.75, 3.05) is 17.2 Å². The van der Waals surface area contributed by atoms with Gasteiger partial charge in [0.15, 0.2) is 0 Å². The number of halogens is 4. The van der Waals surface area contributed by atoms with Crippen molar-refractivity contribution in [1.29, 1.82) is 5.26 Å². The zero-order valence-corrected chi connectivity index (χ0v) is 22.8. The van der Waals surface area contributed by atoms with E-state index in [0.717, 1.165) is 12.8 Å². The molecule has 1 aliphatic carbocycles. The molecule has 8 nitrogen and oxygen atoms in total. The Morgan fingerprint density at radius 2 is 1.95 bits per heavy atom. The van der Waals surface area contributed by atoms with E-state index in [-0.39, 0.29) is 22.8 Å². The minimum absolute atomic E-state index is 0.0807. The molecule has 5 rings (SSSR count). The summed E-state index contributed by atoms with van der Waals surface area (Å²) in [5.74, 6) is -0.368. The van der Waals surface area contributed by atoms with E-state index in [0.29, 0.717) is 45.1 Å². The van der Waals surface area contributed by atoms with Gasteiger partial charge in [-0.2, -0.15) is 5.26 Å². The molecule has 1 saturated carbocycles. The number of hydrogen-bond acceptors (Lipinski definition) is 7. The monoisotopic (exact) mass is 569 g/mol. The summed E-state index contributed by atoms with van der Waals surface area (Å²) in [6.45, 7) is 6.77. The standard InChI is InChI=1S/C28H27ClF3N7O/c1-27(2,3)15-35-24-16(12-33)13-34-25-20(24)10-17(29)11-21(25)36-26(22-14-39(38-37-22)18-8-9-18)19-6-4-5-7-23(19)40-28(30,31)32/h4-7,10-11,13-14,18,26,36H,8-9,15H2,1-3H3,(H,34,35)/t26-/m0/s1. The van der Waals surface area contributed by atoms with Gasteiger partial charge >= 0.3 is 6.36 Å². The molecule has 12 heteroatoms. The minimum atomic E-state index is -4.89. The fourth-order valence-corrected chi connectivity index (χ4v) is 4.57. The number of para-hydroxylation sites is 1. The number of ether oxygens (including phenoxy) is 1. The average molecular weight is 570 g/mol. The lowest BCUT2D eigenvalue weighted by Crippen LogP contribution is -2.21. The van der Waals surface area contributed by atoms with Gasteiger partial charge in [-0.3, -0.25) is 4.98 Å². The van der Waals surface area contributed by atoms with Crippen molar-refractivity contribution in [2.24, 2.45) is 5.41 Å². The molecule has 4 aromatic rings. The summed E-state index contributed by atoms with van der Waals surface area (Å²) in [6, 6.07) is 10.7. The van der Waals surface area contributed by atoms with Gasteiger partial charge in [0.2, 0.25) is 0 Å². The maximum atomic E-state index is 13.3. The van der Waals surface area contributed by atoms with E-state index in [1.54, 1.807) is 35.1 Å². The third kappa shape index (κ3) is 6.23. The lowest BCUT2D eigenvalue weighted by atomic mass is 9.96. The molecular weight excluding hydrogens is 543 g/mol. The van der Waals surface area contributed by atoms with Gasteiger partial charge in [-0.15, -0.1) is 18.3 Å². The topological polar surface area (TPSA) is 101 Å². The largest absolute Gasteiger partial charge is 0.573 e. The van der Waals surface area contributed by atoms with Crippen LogP contribution in [0.25, 0.3) is 10.9 Å². The number of nitriles is 1. The summed E-state index contributed by atoms with van der Waals surface area (Å²) in [7, 11) is 0. The van der Waals surface area contributed by atoms with E-state index in [1.807, 2.05) is 0 Å². The number of nitrogens with one attached hydrogen (secondary N) is 2. The highest BCUT2D eigenvalue weighted by Crippen LogP contribution is 2.40. The zero-order chi connectivity index (χ0) is 28.7. The summed E-state index contributed by atoms with van der Waals surface area (Å²) >= 11 is 6.55. The first-order valence-electron chi connectivity index (χ1n) is 12.7. The van der Waals surface area contributed by atoms with Crippen LogP contribution in [-0.2, 0) is 0 Å². The molecule has 2 aromatic carbocycles. The number of hydrogen-bond donors (Lipinski definition) is 2. The Morgan fingerprint density at radius 3 is 2.62 bits per heavy atom. The first-order valence-corrected chi connectivity index (χ1v) is 13.1. The van der Waals surface area contributed by atoms with Crippen LogP contribution in [0.3, 0.4) is 0 Å². The Kier molecular flexibility index (Phi) is 7.23. The van der Waals surface area contributed by atoms with Crippen molar-refractivity contribution in [3.8, 4) is 11.8 Å². The highest BCUT2D eigenvalue weighted by Gasteiger charge is 2.34. The van der Waals surface area contributed by atoms with Crippen molar-refractivity contribution in [3.05, 3.63) is 70.6 Å². The van der Waals surface area contributed by atoms with Gasteiger partial charge in [0.25, 0.3) is 0 Å². The van der Waals surface area contributed by atoms with Gasteiger partial charge in [0, 0.05) is 28.7 Å². The highest BCUT2D eigenvalue weighted by molar-refractivity contribution is 6.32. The molecule has 2 aromatic heterocycles. The summed E-state index contributed by atoms with van der Waals surface area (Å²) in [6.07, 6.45) is 0.222. The summed E-state index contributed by atoms with van der Waals surface area (Å²) < 4.78 is 46.1. The van der Waals surface area contributed by atoms with Crippen LogP contribution in [0.2, 0.25) is 5.02 Å². The number of pyridine rings is 1. The van der Waals surface area contributed by atoms with Crippen LogP contribution in [-0.4, -0.2) is 32.9 Å². The summed E-state index contributed by atoms with van der Waals surface area (Å²) in [5, 5.41) is 25.9. The van der Waals surface area contributed by atoms with Crippen molar-refractivity contribution in [2.45, 2.75) is 52.1 Å². The fourth-order valence-electron chi connectivity index (χ4n) is 4.35. The molecule has 0 saturated heterocycles. The van der Waals surface area contributed by atoms with Gasteiger partial charge in [0.1, 0.15) is 23.6 Å². The molecule has 208 valence electrons. The molecule has 0 radical (unpaired) electrons. The normalized spacial score (nSPS) is 14.6. The number of fused-ring (bicyclic) bond motifs is 1. The second-order valence-corrected chi connectivity index (χ2v) is 11.4. The van der Waals surface area contributed by atoms with E-state index in [1.165, 1.54) is 18.3 Å². The van der Waals surface area contributed by atoms with Crippen molar-refractivity contribution in [3.63, 3.8) is 0 Å². The first kappa shape index (κ1) is 27.5. The molecule has 1 fully saturated rings. The first-order chi connectivity index (χ1) is 18.9. The number of aromatic nitrogens is 4. The van der Waals surface area contributed by atoms with Crippen molar-refractivity contribution in [1.82, 2.24) is 20.0 Å². The van der Waals surface area contributed by atoms with Crippen molar-refractivity contribution >= 4 is 33.9 Å². The summed E-state index contributed by atoms with van der Waals surface area (Å²) in [5.41, 5.74) is 2.37. The predicted octanol–water partition coefficient (Wildman–Crippen LogP) is 7.24. The molecule has 0 unspecified atom stereocenters.